The molecule has 0 radical (unpaired) electrons. The van der Waals surface area contributed by atoms with Gasteiger partial charge in [-0.2, -0.15) is 0 Å². The summed E-state index contributed by atoms with van der Waals surface area (Å²) in [4.78, 5) is 3.75. The number of pyridine rings is 1. The first-order chi connectivity index (χ1) is 6.66. The van der Waals surface area contributed by atoms with Gasteiger partial charge in [-0.3, -0.25) is 0 Å². The third-order valence-corrected chi connectivity index (χ3v) is 4.64. The van der Waals surface area contributed by atoms with Crippen molar-refractivity contribution in [2.75, 3.05) is 0 Å². The summed E-state index contributed by atoms with van der Waals surface area (Å²) in [5.74, 6) is 0. The average molecular weight is 348 g/mol. The lowest BCUT2D eigenvalue weighted by atomic mass is 10.2. The molecule has 0 fully saturated rings. The molecule has 15 heavy (non-hydrogen) atoms. The highest BCUT2D eigenvalue weighted by Crippen LogP contribution is 2.53. The van der Waals surface area contributed by atoms with E-state index in [1.54, 1.807) is 0 Å². The van der Waals surface area contributed by atoms with Crippen LogP contribution in [-0.4, -0.2) is 8.78 Å². The van der Waals surface area contributed by atoms with E-state index in [9.17, 15) is 0 Å². The van der Waals surface area contributed by atoms with Crippen molar-refractivity contribution in [2.45, 2.75) is 8.13 Å². The smallest absolute Gasteiger partial charge is 0.227 e. The predicted octanol–water partition coefficient (Wildman–Crippen LogP) is 5.39. The number of rotatable bonds is 1. The molecule has 0 amide bonds. The van der Waals surface area contributed by atoms with Gasteiger partial charge in [0.15, 0.2) is 4.33 Å². The first-order valence-electron chi connectivity index (χ1n) is 3.42. The lowest BCUT2D eigenvalue weighted by Crippen LogP contribution is -2.28. The number of aromatic nitrogens is 1. The number of halogens is 7. The van der Waals surface area contributed by atoms with E-state index < -0.39 is 8.13 Å². The minimum Gasteiger partial charge on any atom is -0.243 e. The van der Waals surface area contributed by atoms with Crippen LogP contribution in [0.3, 0.4) is 0 Å². The third kappa shape index (κ3) is 3.10. The van der Waals surface area contributed by atoms with E-state index in [2.05, 4.69) is 4.98 Å². The quantitative estimate of drug-likeness (QED) is 0.490. The molecule has 1 rings (SSSR count). The minimum absolute atomic E-state index is 0.119. The summed E-state index contributed by atoms with van der Waals surface area (Å²) in [7, 11) is 0. The van der Waals surface area contributed by atoms with E-state index in [1.165, 1.54) is 12.3 Å². The molecule has 0 bridgehead atoms. The number of alkyl halides is 5. The van der Waals surface area contributed by atoms with Gasteiger partial charge in [-0.15, -0.1) is 0 Å². The van der Waals surface area contributed by atoms with Gasteiger partial charge in [-0.25, -0.2) is 4.98 Å². The van der Waals surface area contributed by atoms with Gasteiger partial charge in [0.2, 0.25) is 3.79 Å². The zero-order valence-electron chi connectivity index (χ0n) is 6.75. The predicted molar refractivity (Wildman–Crippen MR) is 67.9 cm³/mol. The van der Waals surface area contributed by atoms with Crippen LogP contribution >= 0.6 is 81.2 Å². The molecule has 8 heteroatoms. The molecule has 0 aliphatic carbocycles. The van der Waals surface area contributed by atoms with Gasteiger partial charge in [0.05, 0.1) is 5.02 Å². The Labute approximate surface area is 122 Å². The molecule has 0 aliphatic heterocycles. The Morgan fingerprint density at radius 2 is 1.53 bits per heavy atom. The van der Waals surface area contributed by atoms with Crippen molar-refractivity contribution in [3.63, 3.8) is 0 Å². The molecule has 1 aromatic heterocycles. The van der Waals surface area contributed by atoms with Crippen LogP contribution in [0.25, 0.3) is 0 Å². The molecule has 0 spiro atoms. The van der Waals surface area contributed by atoms with Crippen LogP contribution in [0.1, 0.15) is 5.56 Å². The second-order valence-electron chi connectivity index (χ2n) is 2.57. The van der Waals surface area contributed by atoms with Gasteiger partial charge >= 0.3 is 0 Å². The molecular weight excluding hydrogens is 346 g/mol. The Hall–Kier alpha value is 1.18. The molecule has 0 saturated carbocycles. The maximum Gasteiger partial charge on any atom is 0.227 e. The molecule has 0 atom stereocenters. The fraction of sp³-hybridized carbons (Fsp3) is 0.286. The zero-order chi connectivity index (χ0) is 11.9. The molecule has 84 valence electrons. The maximum absolute atomic E-state index is 5.89. The van der Waals surface area contributed by atoms with Crippen LogP contribution in [0.15, 0.2) is 12.3 Å². The monoisotopic (exact) mass is 345 g/mol. The van der Waals surface area contributed by atoms with Crippen molar-refractivity contribution in [2.24, 2.45) is 0 Å². The van der Waals surface area contributed by atoms with Crippen molar-refractivity contribution < 1.29 is 0 Å². The van der Waals surface area contributed by atoms with Crippen molar-refractivity contribution in [3.8, 4) is 0 Å². The second kappa shape index (κ2) is 4.81. The lowest BCUT2D eigenvalue weighted by molar-refractivity contribution is 0.869. The van der Waals surface area contributed by atoms with Crippen molar-refractivity contribution >= 4 is 81.2 Å². The van der Waals surface area contributed by atoms with Crippen LogP contribution in [0.2, 0.25) is 10.2 Å². The molecule has 0 saturated heterocycles. The van der Waals surface area contributed by atoms with Gasteiger partial charge < -0.3 is 0 Å². The summed E-state index contributed by atoms with van der Waals surface area (Å²) in [5.41, 5.74) is 0.250. The molecule has 1 aromatic rings. The molecular formula is C7H2Cl7N. The highest BCUT2D eigenvalue weighted by atomic mass is 35.6. The first kappa shape index (κ1) is 14.2. The molecule has 1 nitrogen and oxygen atoms in total. The van der Waals surface area contributed by atoms with Gasteiger partial charge in [-0.1, -0.05) is 81.2 Å². The Bertz CT molecular complexity index is 370. The summed E-state index contributed by atoms with van der Waals surface area (Å²) < 4.78 is -3.66. The van der Waals surface area contributed by atoms with Gasteiger partial charge in [0.1, 0.15) is 5.15 Å². The molecule has 0 aromatic carbocycles. The van der Waals surface area contributed by atoms with Crippen LogP contribution in [0, 0.1) is 0 Å². The topological polar surface area (TPSA) is 12.9 Å². The van der Waals surface area contributed by atoms with E-state index in [0.717, 1.165) is 0 Å². The first-order valence-corrected chi connectivity index (χ1v) is 6.07. The number of nitrogens with zero attached hydrogens (tertiary/aromatic N) is 1. The molecule has 1 heterocycles. The van der Waals surface area contributed by atoms with E-state index in [0.29, 0.717) is 0 Å². The van der Waals surface area contributed by atoms with E-state index >= 15 is 0 Å². The van der Waals surface area contributed by atoms with Gasteiger partial charge in [0, 0.05) is 11.8 Å². The summed E-state index contributed by atoms with van der Waals surface area (Å²) in [6.45, 7) is 0. The van der Waals surface area contributed by atoms with E-state index in [-0.39, 0.29) is 15.7 Å². The molecule has 0 aliphatic rings. The van der Waals surface area contributed by atoms with Crippen molar-refractivity contribution in [3.05, 3.63) is 28.0 Å². The minimum atomic E-state index is -1.91. The second-order valence-corrected chi connectivity index (χ2v) is 6.94. The van der Waals surface area contributed by atoms with E-state index in [4.69, 9.17) is 81.2 Å². The largest absolute Gasteiger partial charge is 0.243 e. The third-order valence-electron chi connectivity index (χ3n) is 1.51. The lowest BCUT2D eigenvalue weighted by Gasteiger charge is -2.27. The molecule has 0 N–H and O–H groups in total. The van der Waals surface area contributed by atoms with Crippen molar-refractivity contribution in [1.29, 1.82) is 0 Å². The summed E-state index contributed by atoms with van der Waals surface area (Å²) in [6, 6.07) is 1.39. The molecule has 0 unspecified atom stereocenters. The van der Waals surface area contributed by atoms with Crippen LogP contribution in [0.5, 0.6) is 0 Å². The SMILES string of the molecule is Clc1cc(C(Cl)(Cl)C(Cl)(Cl)Cl)cnc1Cl. The Kier molecular flexibility index (Phi) is 4.57. The van der Waals surface area contributed by atoms with Gasteiger partial charge in [-0.05, 0) is 6.07 Å². The number of hydrogen-bond donors (Lipinski definition) is 0. The fourth-order valence-corrected chi connectivity index (χ4v) is 1.56. The maximum atomic E-state index is 5.89. The fourth-order valence-electron chi connectivity index (χ4n) is 0.757. The van der Waals surface area contributed by atoms with Crippen molar-refractivity contribution in [1.82, 2.24) is 4.98 Å². The zero-order valence-corrected chi connectivity index (χ0v) is 12.0. The standard InChI is InChI=1S/C7H2Cl7N/c8-4-1-3(2-15-5(4)9)6(10,11)7(12,13)14/h1-2H. The summed E-state index contributed by atoms with van der Waals surface area (Å²) in [6.07, 6.45) is 1.29. The highest BCUT2D eigenvalue weighted by molar-refractivity contribution is 6.75. The van der Waals surface area contributed by atoms with Crippen LogP contribution < -0.4 is 0 Å². The summed E-state index contributed by atoms with van der Waals surface area (Å²) in [5, 5.41) is 0.294. The highest BCUT2D eigenvalue weighted by Gasteiger charge is 2.47. The van der Waals surface area contributed by atoms with Crippen LogP contribution in [-0.2, 0) is 4.33 Å². The average Bonchev–Trinajstić information content (AvgIpc) is 2.07. The summed E-state index contributed by atoms with van der Waals surface area (Å²) >= 11 is 40.0. The van der Waals surface area contributed by atoms with Gasteiger partial charge in [0.25, 0.3) is 0 Å². The van der Waals surface area contributed by atoms with E-state index in [1.807, 2.05) is 0 Å². The normalized spacial score (nSPS) is 13.0. The Morgan fingerprint density at radius 3 is 1.93 bits per heavy atom. The Balaban J connectivity index is 3.22. The Morgan fingerprint density at radius 1 is 1.00 bits per heavy atom. The number of hydrogen-bond acceptors (Lipinski definition) is 1. The van der Waals surface area contributed by atoms with Crippen LogP contribution in [0.4, 0.5) is 0 Å².